The third-order valence-corrected chi connectivity index (χ3v) is 5.82. The van der Waals surface area contributed by atoms with Gasteiger partial charge in [0, 0.05) is 44.6 Å². The molecule has 30 heavy (non-hydrogen) atoms. The number of piperidine rings is 1. The van der Waals surface area contributed by atoms with Gasteiger partial charge in [-0.15, -0.1) is 0 Å². The lowest BCUT2D eigenvalue weighted by Crippen LogP contribution is -2.44. The number of nitro groups is 1. The maximum Gasteiger partial charge on any atom is 0.269 e. The maximum absolute atomic E-state index is 11.1. The highest BCUT2D eigenvalue weighted by atomic mass is 16.6. The molecule has 4 rings (SSSR count). The number of nitro benzene ring substituents is 1. The number of rotatable bonds is 6. The summed E-state index contributed by atoms with van der Waals surface area (Å²) in [5.41, 5.74) is 1.02. The number of nitrogens with zero attached hydrogens (tertiary/aromatic N) is 5. The molecule has 1 saturated heterocycles. The number of aromatic nitrogens is 3. The zero-order valence-corrected chi connectivity index (χ0v) is 16.9. The summed E-state index contributed by atoms with van der Waals surface area (Å²) in [6, 6.07) is 12.4. The number of benzene rings is 1. The van der Waals surface area contributed by atoms with Crippen LogP contribution in [0.25, 0.3) is 11.5 Å². The Kier molecular flexibility index (Phi) is 5.56. The van der Waals surface area contributed by atoms with E-state index in [-0.39, 0.29) is 16.7 Å². The van der Waals surface area contributed by atoms with E-state index in [1.54, 1.807) is 25.4 Å². The predicted octanol–water partition coefficient (Wildman–Crippen LogP) is 3.74. The summed E-state index contributed by atoms with van der Waals surface area (Å²) in [5, 5.41) is 15.2. The highest BCUT2D eigenvalue weighted by Gasteiger charge is 2.42. The molecule has 3 heterocycles. The van der Waals surface area contributed by atoms with Gasteiger partial charge in [0.2, 0.25) is 5.82 Å². The van der Waals surface area contributed by atoms with E-state index in [4.69, 9.17) is 9.26 Å². The van der Waals surface area contributed by atoms with Crippen molar-refractivity contribution >= 4 is 5.69 Å². The molecule has 156 valence electrons. The van der Waals surface area contributed by atoms with Crippen LogP contribution >= 0.6 is 0 Å². The van der Waals surface area contributed by atoms with Gasteiger partial charge in [0.25, 0.3) is 11.6 Å². The quantitative estimate of drug-likeness (QED) is 0.448. The first-order valence-electron chi connectivity index (χ1n) is 9.81. The van der Waals surface area contributed by atoms with Crippen molar-refractivity contribution in [2.24, 2.45) is 0 Å². The van der Waals surface area contributed by atoms with Crippen molar-refractivity contribution in [3.8, 4) is 11.5 Å². The number of hydrogen-bond acceptors (Lipinski definition) is 8. The summed E-state index contributed by atoms with van der Waals surface area (Å²) >= 11 is 0. The molecular weight excluding hydrogens is 386 g/mol. The van der Waals surface area contributed by atoms with Gasteiger partial charge in [-0.3, -0.25) is 20.0 Å². The molecule has 0 amide bonds. The molecule has 0 saturated carbocycles. The van der Waals surface area contributed by atoms with Gasteiger partial charge in [-0.1, -0.05) is 23.4 Å². The Bertz CT molecular complexity index is 1020. The van der Waals surface area contributed by atoms with Crippen LogP contribution in [0.5, 0.6) is 0 Å². The normalized spacial score (nSPS) is 17.5. The Labute approximate surface area is 173 Å². The van der Waals surface area contributed by atoms with E-state index in [1.165, 1.54) is 6.07 Å². The fourth-order valence-electron chi connectivity index (χ4n) is 3.89. The molecule has 0 bridgehead atoms. The summed E-state index contributed by atoms with van der Waals surface area (Å²) in [7, 11) is 1.66. The highest BCUT2D eigenvalue weighted by Crippen LogP contribution is 2.38. The molecule has 9 nitrogen and oxygen atoms in total. The third kappa shape index (κ3) is 3.81. The van der Waals surface area contributed by atoms with Crippen LogP contribution in [-0.2, 0) is 10.3 Å². The third-order valence-electron chi connectivity index (χ3n) is 5.82. The largest absolute Gasteiger partial charge is 0.368 e. The van der Waals surface area contributed by atoms with Crippen molar-refractivity contribution < 1.29 is 14.2 Å². The van der Waals surface area contributed by atoms with E-state index in [0.29, 0.717) is 30.3 Å². The Morgan fingerprint density at radius 3 is 2.70 bits per heavy atom. The molecule has 0 N–H and O–H groups in total. The number of methoxy groups -OCH3 is 1. The summed E-state index contributed by atoms with van der Waals surface area (Å²) in [6.45, 7) is 3.53. The predicted molar refractivity (Wildman–Crippen MR) is 109 cm³/mol. The highest BCUT2D eigenvalue weighted by molar-refractivity contribution is 5.47. The number of non-ortho nitro benzene ring substituents is 1. The van der Waals surface area contributed by atoms with Gasteiger partial charge in [0.1, 0.15) is 11.3 Å². The molecule has 1 aromatic carbocycles. The number of ether oxygens (including phenoxy) is 1. The summed E-state index contributed by atoms with van der Waals surface area (Å²) in [6.07, 6.45) is 3.03. The zero-order valence-electron chi connectivity index (χ0n) is 16.9. The molecule has 1 atom stereocenters. The minimum Gasteiger partial charge on any atom is -0.368 e. The van der Waals surface area contributed by atoms with Crippen molar-refractivity contribution in [2.75, 3.05) is 20.2 Å². The first kappa shape index (κ1) is 20.1. The van der Waals surface area contributed by atoms with Crippen LogP contribution in [0, 0.1) is 10.1 Å². The molecule has 3 aromatic rings. The van der Waals surface area contributed by atoms with Crippen LogP contribution in [0.4, 0.5) is 5.69 Å². The second-order valence-electron chi connectivity index (χ2n) is 7.40. The monoisotopic (exact) mass is 409 g/mol. The van der Waals surface area contributed by atoms with Crippen LogP contribution in [0.2, 0.25) is 0 Å². The minimum atomic E-state index is -0.654. The molecule has 1 fully saturated rings. The van der Waals surface area contributed by atoms with E-state index >= 15 is 0 Å². The fourth-order valence-corrected chi connectivity index (χ4v) is 3.89. The van der Waals surface area contributed by atoms with Crippen LogP contribution in [0.15, 0.2) is 53.2 Å². The van der Waals surface area contributed by atoms with E-state index in [0.717, 1.165) is 18.7 Å². The SMILES string of the molecule is COC1(c2nc(-c3ccccn3)no2)CCN([C@H](C)c2cccc([N+](=O)[O-])c2)CC1. The first-order chi connectivity index (χ1) is 14.5. The zero-order chi connectivity index (χ0) is 21.1. The Morgan fingerprint density at radius 2 is 2.03 bits per heavy atom. The molecule has 0 unspecified atom stereocenters. The Hall–Kier alpha value is -3.17. The van der Waals surface area contributed by atoms with Crippen molar-refractivity contribution in [3.05, 3.63) is 70.2 Å². The lowest BCUT2D eigenvalue weighted by molar-refractivity contribution is -0.385. The Morgan fingerprint density at radius 1 is 1.23 bits per heavy atom. The van der Waals surface area contributed by atoms with Crippen LogP contribution in [0.1, 0.15) is 37.3 Å². The van der Waals surface area contributed by atoms with Crippen LogP contribution in [-0.4, -0.2) is 45.1 Å². The van der Waals surface area contributed by atoms with Gasteiger partial charge in [-0.05, 0) is 37.5 Å². The van der Waals surface area contributed by atoms with Crippen LogP contribution in [0.3, 0.4) is 0 Å². The topological polar surface area (TPSA) is 107 Å². The van der Waals surface area contributed by atoms with Gasteiger partial charge in [0.15, 0.2) is 0 Å². The second-order valence-corrected chi connectivity index (χ2v) is 7.40. The molecule has 1 aliphatic rings. The van der Waals surface area contributed by atoms with E-state index in [2.05, 4.69) is 26.9 Å². The summed E-state index contributed by atoms with van der Waals surface area (Å²) in [4.78, 5) is 21.8. The fraction of sp³-hybridized carbons (Fsp3) is 0.381. The first-order valence-corrected chi connectivity index (χ1v) is 9.81. The molecule has 2 aromatic heterocycles. The van der Waals surface area contributed by atoms with E-state index in [9.17, 15) is 10.1 Å². The minimum absolute atomic E-state index is 0.0477. The van der Waals surface area contributed by atoms with E-state index in [1.807, 2.05) is 24.3 Å². The van der Waals surface area contributed by atoms with Crippen molar-refractivity contribution in [3.63, 3.8) is 0 Å². The summed E-state index contributed by atoms with van der Waals surface area (Å²) < 4.78 is 11.4. The molecule has 0 radical (unpaired) electrons. The number of pyridine rings is 1. The smallest absolute Gasteiger partial charge is 0.269 e. The average Bonchev–Trinajstić information content (AvgIpc) is 3.30. The van der Waals surface area contributed by atoms with Crippen molar-refractivity contribution in [1.29, 1.82) is 0 Å². The Balaban J connectivity index is 1.49. The number of likely N-dealkylation sites (tertiary alicyclic amines) is 1. The lowest BCUT2D eigenvalue weighted by Gasteiger charge is -2.40. The van der Waals surface area contributed by atoms with Crippen LogP contribution < -0.4 is 0 Å². The number of hydrogen-bond donors (Lipinski definition) is 0. The van der Waals surface area contributed by atoms with Gasteiger partial charge >= 0.3 is 0 Å². The van der Waals surface area contributed by atoms with Gasteiger partial charge in [0.05, 0.1) is 4.92 Å². The molecule has 0 spiro atoms. The van der Waals surface area contributed by atoms with Gasteiger partial charge in [-0.25, -0.2) is 0 Å². The lowest BCUT2D eigenvalue weighted by atomic mass is 9.89. The standard InChI is InChI=1S/C21H23N5O4/c1-15(16-6-5-7-17(14-16)26(27)28)25-12-9-21(29-2,10-13-25)20-23-19(24-30-20)18-8-3-4-11-22-18/h3-8,11,14-15H,9-10,12-13H2,1-2H3/t15-/m1/s1. The molecule has 9 heteroatoms. The molecule has 0 aliphatic carbocycles. The van der Waals surface area contributed by atoms with Crippen molar-refractivity contribution in [2.45, 2.75) is 31.4 Å². The maximum atomic E-state index is 11.1. The van der Waals surface area contributed by atoms with Gasteiger partial charge in [-0.2, -0.15) is 4.98 Å². The second kappa shape index (κ2) is 8.29. The summed E-state index contributed by atoms with van der Waals surface area (Å²) in [5.74, 6) is 0.891. The average molecular weight is 409 g/mol. The van der Waals surface area contributed by atoms with Crippen molar-refractivity contribution in [1.82, 2.24) is 20.0 Å². The van der Waals surface area contributed by atoms with Gasteiger partial charge < -0.3 is 9.26 Å². The molecular formula is C21H23N5O4. The molecule has 1 aliphatic heterocycles. The van der Waals surface area contributed by atoms with E-state index < -0.39 is 5.60 Å².